The number of hydrogen-bond acceptors (Lipinski definition) is 4. The lowest BCUT2D eigenvalue weighted by molar-refractivity contribution is 0.0281. The quantitative estimate of drug-likeness (QED) is 0.921. The Labute approximate surface area is 121 Å². The second-order valence-electron chi connectivity index (χ2n) is 5.14. The first-order valence-corrected chi connectivity index (χ1v) is 6.93. The van der Waals surface area contributed by atoms with Crippen LogP contribution < -0.4 is 5.32 Å². The van der Waals surface area contributed by atoms with Gasteiger partial charge < -0.3 is 9.26 Å². The zero-order valence-corrected chi connectivity index (χ0v) is 11.4. The third kappa shape index (κ3) is 3.86. The Kier molecular flexibility index (Phi) is 4.26. The van der Waals surface area contributed by atoms with Gasteiger partial charge in [0, 0.05) is 18.6 Å². The van der Waals surface area contributed by atoms with Gasteiger partial charge in [-0.2, -0.15) is 0 Å². The Balaban J connectivity index is 1.59. The van der Waals surface area contributed by atoms with Gasteiger partial charge in [-0.1, -0.05) is 5.16 Å². The van der Waals surface area contributed by atoms with Crippen molar-refractivity contribution < 1.29 is 18.0 Å². The zero-order chi connectivity index (χ0) is 14.7. The van der Waals surface area contributed by atoms with E-state index in [1.54, 1.807) is 6.07 Å². The van der Waals surface area contributed by atoms with Crippen LogP contribution in [0.25, 0.3) is 0 Å². The molecule has 2 aromatic rings. The van der Waals surface area contributed by atoms with Crippen LogP contribution in [-0.2, 0) is 17.8 Å². The van der Waals surface area contributed by atoms with Crippen LogP contribution in [0.4, 0.5) is 8.78 Å². The molecule has 0 bridgehead atoms. The van der Waals surface area contributed by atoms with Crippen molar-refractivity contribution in [3.05, 3.63) is 52.9 Å². The van der Waals surface area contributed by atoms with Gasteiger partial charge >= 0.3 is 0 Å². The molecule has 1 atom stereocenters. The number of nitrogens with one attached hydrogen (secondary N) is 1. The maximum atomic E-state index is 13.1. The fourth-order valence-electron chi connectivity index (χ4n) is 2.40. The van der Waals surface area contributed by atoms with Crippen molar-refractivity contribution in [1.82, 2.24) is 10.5 Å². The van der Waals surface area contributed by atoms with Gasteiger partial charge in [-0.05, 0) is 37.1 Å². The largest absolute Gasteiger partial charge is 0.361 e. The number of aromatic nitrogens is 1. The van der Waals surface area contributed by atoms with E-state index in [1.165, 1.54) is 12.1 Å². The number of rotatable bonds is 5. The molecule has 4 nitrogen and oxygen atoms in total. The second kappa shape index (κ2) is 6.32. The predicted octanol–water partition coefficient (Wildman–Crippen LogP) is 2.77. The number of nitrogens with zero attached hydrogens (tertiary/aromatic N) is 1. The molecule has 0 amide bonds. The van der Waals surface area contributed by atoms with Crippen molar-refractivity contribution in [2.45, 2.75) is 32.1 Å². The van der Waals surface area contributed by atoms with E-state index in [1.807, 2.05) is 0 Å². The molecular formula is C15H16F2N2O2. The molecule has 0 saturated carbocycles. The summed E-state index contributed by atoms with van der Waals surface area (Å²) in [6, 6.07) is 5.16. The van der Waals surface area contributed by atoms with Gasteiger partial charge in [0.15, 0.2) is 0 Å². The third-order valence-corrected chi connectivity index (χ3v) is 3.36. The minimum Gasteiger partial charge on any atom is -0.361 e. The third-order valence-electron chi connectivity index (χ3n) is 3.36. The highest BCUT2D eigenvalue weighted by atomic mass is 19.1. The SMILES string of the molecule is Fc1cc(F)cc(Cc2cc(COC3CCCN3)no2)c1. The van der Waals surface area contributed by atoms with E-state index in [0.29, 0.717) is 30.0 Å². The highest BCUT2D eigenvalue weighted by Crippen LogP contribution is 2.15. The maximum absolute atomic E-state index is 13.1. The van der Waals surface area contributed by atoms with Gasteiger partial charge in [0.25, 0.3) is 0 Å². The van der Waals surface area contributed by atoms with Gasteiger partial charge in [-0.3, -0.25) is 5.32 Å². The van der Waals surface area contributed by atoms with Gasteiger partial charge in [-0.15, -0.1) is 0 Å². The van der Waals surface area contributed by atoms with Crippen molar-refractivity contribution >= 4 is 0 Å². The highest BCUT2D eigenvalue weighted by Gasteiger charge is 2.15. The van der Waals surface area contributed by atoms with E-state index in [9.17, 15) is 8.78 Å². The van der Waals surface area contributed by atoms with Gasteiger partial charge in [0.2, 0.25) is 0 Å². The summed E-state index contributed by atoms with van der Waals surface area (Å²) in [4.78, 5) is 0. The number of halogens is 2. The Morgan fingerprint density at radius 3 is 2.76 bits per heavy atom. The fourth-order valence-corrected chi connectivity index (χ4v) is 2.40. The Morgan fingerprint density at radius 1 is 1.24 bits per heavy atom. The summed E-state index contributed by atoms with van der Waals surface area (Å²) in [7, 11) is 0. The maximum Gasteiger partial charge on any atom is 0.141 e. The van der Waals surface area contributed by atoms with Crippen LogP contribution in [0, 0.1) is 11.6 Å². The summed E-state index contributed by atoms with van der Waals surface area (Å²) in [5, 5.41) is 7.12. The molecule has 0 aliphatic carbocycles. The van der Waals surface area contributed by atoms with Gasteiger partial charge in [0.1, 0.15) is 29.3 Å². The van der Waals surface area contributed by atoms with Gasteiger partial charge in [0.05, 0.1) is 6.61 Å². The average molecular weight is 294 g/mol. The molecule has 0 radical (unpaired) electrons. The molecule has 1 aromatic carbocycles. The molecule has 1 aliphatic rings. The highest BCUT2D eigenvalue weighted by molar-refractivity contribution is 5.22. The molecule has 2 heterocycles. The van der Waals surface area contributed by atoms with Crippen molar-refractivity contribution in [2.24, 2.45) is 0 Å². The van der Waals surface area contributed by atoms with Crippen LogP contribution >= 0.6 is 0 Å². The summed E-state index contributed by atoms with van der Waals surface area (Å²) >= 11 is 0. The van der Waals surface area contributed by atoms with Crippen LogP contribution in [0.1, 0.15) is 29.9 Å². The first kappa shape index (κ1) is 14.2. The molecule has 1 unspecified atom stereocenters. The second-order valence-corrected chi connectivity index (χ2v) is 5.14. The fraction of sp³-hybridized carbons (Fsp3) is 0.400. The topological polar surface area (TPSA) is 47.3 Å². The smallest absolute Gasteiger partial charge is 0.141 e. The Morgan fingerprint density at radius 2 is 2.05 bits per heavy atom. The molecule has 6 heteroatoms. The summed E-state index contributed by atoms with van der Waals surface area (Å²) in [5.41, 5.74) is 1.18. The number of benzene rings is 1. The first-order valence-electron chi connectivity index (χ1n) is 6.93. The van der Waals surface area contributed by atoms with Crippen LogP contribution in [-0.4, -0.2) is 17.9 Å². The van der Waals surface area contributed by atoms with Crippen LogP contribution in [0.15, 0.2) is 28.8 Å². The molecule has 1 N–H and O–H groups in total. The summed E-state index contributed by atoms with van der Waals surface area (Å²) in [5.74, 6) is -0.640. The zero-order valence-electron chi connectivity index (χ0n) is 11.4. The molecule has 1 aliphatic heterocycles. The Bertz CT molecular complexity index is 589. The van der Waals surface area contributed by atoms with E-state index < -0.39 is 11.6 Å². The van der Waals surface area contributed by atoms with Crippen molar-refractivity contribution in [2.75, 3.05) is 6.54 Å². The summed E-state index contributed by atoms with van der Waals surface area (Å²) in [6.45, 7) is 1.33. The van der Waals surface area contributed by atoms with Crippen molar-refractivity contribution in [3.8, 4) is 0 Å². The van der Waals surface area contributed by atoms with E-state index in [2.05, 4.69) is 10.5 Å². The predicted molar refractivity (Wildman–Crippen MR) is 71.5 cm³/mol. The van der Waals surface area contributed by atoms with Crippen LogP contribution in [0.3, 0.4) is 0 Å². The van der Waals surface area contributed by atoms with Crippen molar-refractivity contribution in [1.29, 1.82) is 0 Å². The lowest BCUT2D eigenvalue weighted by Gasteiger charge is -2.09. The number of hydrogen-bond donors (Lipinski definition) is 1. The molecule has 3 rings (SSSR count). The first-order chi connectivity index (χ1) is 10.2. The van der Waals surface area contributed by atoms with E-state index >= 15 is 0 Å². The normalized spacial score (nSPS) is 18.3. The molecular weight excluding hydrogens is 278 g/mol. The van der Waals surface area contributed by atoms with E-state index in [0.717, 1.165) is 25.5 Å². The summed E-state index contributed by atoms with van der Waals surface area (Å²) in [6.07, 6.45) is 2.47. The lowest BCUT2D eigenvalue weighted by atomic mass is 10.1. The van der Waals surface area contributed by atoms with Crippen LogP contribution in [0.2, 0.25) is 0 Å². The Hall–Kier alpha value is -1.79. The lowest BCUT2D eigenvalue weighted by Crippen LogP contribution is -2.24. The van der Waals surface area contributed by atoms with E-state index in [-0.39, 0.29) is 6.23 Å². The minimum atomic E-state index is -0.597. The van der Waals surface area contributed by atoms with Crippen molar-refractivity contribution in [3.63, 3.8) is 0 Å². The van der Waals surface area contributed by atoms with Gasteiger partial charge in [-0.25, -0.2) is 8.78 Å². The molecule has 1 fully saturated rings. The summed E-state index contributed by atoms with van der Waals surface area (Å²) < 4.78 is 37.0. The van der Waals surface area contributed by atoms with E-state index in [4.69, 9.17) is 9.26 Å². The molecule has 0 spiro atoms. The monoisotopic (exact) mass is 294 g/mol. The molecule has 1 aromatic heterocycles. The molecule has 1 saturated heterocycles. The average Bonchev–Trinajstić information content (AvgIpc) is 3.06. The minimum absolute atomic E-state index is 0.0717. The standard InChI is InChI=1S/C15H16F2N2O2/c16-11-4-10(5-12(17)7-11)6-14-8-13(19-21-14)9-20-15-2-1-3-18-15/h4-5,7-8,15,18H,1-3,6,9H2. The van der Waals surface area contributed by atoms with Crippen LogP contribution in [0.5, 0.6) is 0 Å². The number of ether oxygens (including phenoxy) is 1. The molecule has 21 heavy (non-hydrogen) atoms. The molecule has 112 valence electrons.